The number of nitrogens with one attached hydrogen (secondary N) is 2. The number of hydrogen-bond donors (Lipinski definition) is 3. The molecule has 3 aromatic carbocycles. The average molecular weight is 660 g/mol. The van der Waals surface area contributed by atoms with Crippen molar-refractivity contribution in [1.82, 2.24) is 15.5 Å². The molecule has 0 unspecified atom stereocenters. The number of ether oxygens (including phenoxy) is 5. The highest BCUT2D eigenvalue weighted by Gasteiger charge is 2.41. The Morgan fingerprint density at radius 3 is 2.35 bits per heavy atom. The van der Waals surface area contributed by atoms with E-state index in [2.05, 4.69) is 21.6 Å². The van der Waals surface area contributed by atoms with Gasteiger partial charge in [-0.05, 0) is 46.9 Å². The zero-order valence-corrected chi connectivity index (χ0v) is 27.4. The van der Waals surface area contributed by atoms with Gasteiger partial charge in [0.25, 0.3) is 0 Å². The fourth-order valence-corrected chi connectivity index (χ4v) is 6.52. The number of carbonyl (C=O) groups excluding carboxylic acids is 2. The normalized spacial score (nSPS) is 22.3. The van der Waals surface area contributed by atoms with Crippen LogP contribution in [-0.4, -0.2) is 79.9 Å². The number of benzene rings is 3. The number of nitrogens with zero attached hydrogens (tertiary/aromatic N) is 1. The van der Waals surface area contributed by atoms with Gasteiger partial charge in [0.05, 0.1) is 38.6 Å². The smallest absolute Gasteiger partial charge is 0.325 e. The molecule has 3 atom stereocenters. The standard InChI is InChI=1S/C37H45N3O8/c1-2-44-34(42)23-39-36(43)38-22-27-5-3-6-29(19-27)30-7-4-8-31(20-30)35-47-32(21-33(48-35)28-11-9-26(25-41)10-12-28)24-40-15-13-37(14-16-40)45-17-18-46-37/h3-12,19-20,32-33,35,41H,2,13-18,21-25H2,1H3,(H2,38,39,43)/t32-,33+,35+/m0/s1. The van der Waals surface area contributed by atoms with Crippen LogP contribution < -0.4 is 10.6 Å². The van der Waals surface area contributed by atoms with Crippen LogP contribution in [0.3, 0.4) is 0 Å². The Labute approximate surface area is 281 Å². The van der Waals surface area contributed by atoms with Gasteiger partial charge in [-0.25, -0.2) is 4.79 Å². The Balaban J connectivity index is 1.14. The van der Waals surface area contributed by atoms with Crippen molar-refractivity contribution < 1.29 is 38.4 Å². The van der Waals surface area contributed by atoms with E-state index in [4.69, 9.17) is 23.7 Å². The maximum atomic E-state index is 12.2. The zero-order chi connectivity index (χ0) is 33.3. The SMILES string of the molecule is CCOC(=O)CNC(=O)NCc1cccc(-c2cccc([C@@H]3O[C@H](CN4CCC5(CC4)OCCO5)C[C@H](c4ccc(CO)cc4)O3)c2)c1. The van der Waals surface area contributed by atoms with Gasteiger partial charge >= 0.3 is 12.0 Å². The first-order valence-corrected chi connectivity index (χ1v) is 16.8. The summed E-state index contributed by atoms with van der Waals surface area (Å²) < 4.78 is 30.0. The fraction of sp³-hybridized carbons (Fsp3) is 0.459. The van der Waals surface area contributed by atoms with Gasteiger partial charge in [0.2, 0.25) is 0 Å². The second-order valence-corrected chi connectivity index (χ2v) is 12.4. The minimum Gasteiger partial charge on any atom is -0.465 e. The van der Waals surface area contributed by atoms with Gasteiger partial charge in [0.1, 0.15) is 6.54 Å². The summed E-state index contributed by atoms with van der Waals surface area (Å²) in [5.74, 6) is -0.900. The van der Waals surface area contributed by atoms with Gasteiger partial charge in [-0.2, -0.15) is 0 Å². The summed E-state index contributed by atoms with van der Waals surface area (Å²) in [5, 5.41) is 14.9. The van der Waals surface area contributed by atoms with Crippen LogP contribution in [0.25, 0.3) is 11.1 Å². The Bertz CT molecular complexity index is 1520. The summed E-state index contributed by atoms with van der Waals surface area (Å²) >= 11 is 0. The molecule has 3 N–H and O–H groups in total. The summed E-state index contributed by atoms with van der Waals surface area (Å²) in [5.41, 5.74) is 5.74. The molecule has 11 nitrogen and oxygen atoms in total. The van der Waals surface area contributed by atoms with Crippen LogP contribution in [0.2, 0.25) is 0 Å². The minimum absolute atomic E-state index is 0.00319. The molecule has 3 aliphatic heterocycles. The highest BCUT2D eigenvalue weighted by atomic mass is 16.7. The lowest BCUT2D eigenvalue weighted by atomic mass is 9.97. The van der Waals surface area contributed by atoms with E-state index in [9.17, 15) is 14.7 Å². The molecule has 0 saturated carbocycles. The Morgan fingerprint density at radius 2 is 1.62 bits per heavy atom. The number of likely N-dealkylation sites (tertiary alicyclic amines) is 1. The van der Waals surface area contributed by atoms with Crippen molar-refractivity contribution in [2.75, 3.05) is 46.0 Å². The van der Waals surface area contributed by atoms with Crippen molar-refractivity contribution in [3.63, 3.8) is 0 Å². The van der Waals surface area contributed by atoms with Gasteiger partial charge in [0, 0.05) is 51.0 Å². The third kappa shape index (κ3) is 8.79. The summed E-state index contributed by atoms with van der Waals surface area (Å²) in [4.78, 5) is 26.2. The number of rotatable bonds is 11. The second-order valence-electron chi connectivity index (χ2n) is 12.4. The highest BCUT2D eigenvalue weighted by Crippen LogP contribution is 2.40. The first-order valence-electron chi connectivity index (χ1n) is 16.8. The number of carbonyl (C=O) groups is 2. The fourth-order valence-electron chi connectivity index (χ4n) is 6.52. The second kappa shape index (κ2) is 16.0. The maximum absolute atomic E-state index is 12.2. The first-order chi connectivity index (χ1) is 23.4. The van der Waals surface area contributed by atoms with Gasteiger partial charge in [-0.3, -0.25) is 4.79 Å². The third-order valence-electron chi connectivity index (χ3n) is 9.08. The molecule has 1 spiro atoms. The van der Waals surface area contributed by atoms with Crippen molar-refractivity contribution in [2.45, 2.75) is 63.6 Å². The number of hydrogen-bond acceptors (Lipinski definition) is 9. The molecule has 6 rings (SSSR count). The molecule has 256 valence electrons. The third-order valence-corrected chi connectivity index (χ3v) is 9.08. The molecule has 3 aromatic rings. The quantitative estimate of drug-likeness (QED) is 0.253. The molecule has 48 heavy (non-hydrogen) atoms. The number of aliphatic hydroxyl groups is 1. The Hall–Kier alpha value is -3.84. The number of aliphatic hydroxyl groups excluding tert-OH is 1. The molecule has 3 aliphatic rings. The van der Waals surface area contributed by atoms with Crippen molar-refractivity contribution in [1.29, 1.82) is 0 Å². The Kier molecular flexibility index (Phi) is 11.4. The van der Waals surface area contributed by atoms with Crippen LogP contribution in [0.4, 0.5) is 4.79 Å². The van der Waals surface area contributed by atoms with Gasteiger partial charge in [-0.1, -0.05) is 60.7 Å². The molecule has 0 radical (unpaired) electrons. The average Bonchev–Trinajstić information content (AvgIpc) is 3.59. The predicted octanol–water partition coefficient (Wildman–Crippen LogP) is 4.59. The summed E-state index contributed by atoms with van der Waals surface area (Å²) in [6.07, 6.45) is 1.61. The molecule has 11 heteroatoms. The van der Waals surface area contributed by atoms with Crippen LogP contribution in [0.1, 0.15) is 60.8 Å². The number of amides is 2. The molecule has 3 saturated heterocycles. The van der Waals surface area contributed by atoms with E-state index in [1.807, 2.05) is 66.7 Å². The largest absolute Gasteiger partial charge is 0.465 e. The van der Waals surface area contributed by atoms with Crippen molar-refractivity contribution in [2.24, 2.45) is 0 Å². The van der Waals surface area contributed by atoms with E-state index in [1.165, 1.54) is 0 Å². The lowest BCUT2D eigenvalue weighted by Gasteiger charge is -2.41. The highest BCUT2D eigenvalue weighted by molar-refractivity contribution is 5.80. The van der Waals surface area contributed by atoms with E-state index in [-0.39, 0.29) is 32.0 Å². The zero-order valence-electron chi connectivity index (χ0n) is 27.4. The topological polar surface area (TPSA) is 128 Å². The van der Waals surface area contributed by atoms with E-state index >= 15 is 0 Å². The number of piperidine rings is 1. The predicted molar refractivity (Wildman–Crippen MR) is 177 cm³/mol. The van der Waals surface area contributed by atoms with Crippen LogP contribution in [-0.2, 0) is 41.6 Å². The number of esters is 1. The van der Waals surface area contributed by atoms with Crippen LogP contribution in [0.5, 0.6) is 0 Å². The molecule has 0 bridgehead atoms. The molecular weight excluding hydrogens is 614 g/mol. The van der Waals surface area contributed by atoms with Gasteiger partial charge in [0.15, 0.2) is 12.1 Å². The van der Waals surface area contributed by atoms with E-state index in [1.54, 1.807) is 6.92 Å². The van der Waals surface area contributed by atoms with Crippen LogP contribution in [0.15, 0.2) is 72.8 Å². The van der Waals surface area contributed by atoms with E-state index in [0.29, 0.717) is 26.2 Å². The lowest BCUT2D eigenvalue weighted by molar-refractivity contribution is -0.255. The lowest BCUT2D eigenvalue weighted by Crippen LogP contribution is -2.48. The molecule has 3 fully saturated rings. The molecule has 0 aliphatic carbocycles. The van der Waals surface area contributed by atoms with Crippen LogP contribution >= 0.6 is 0 Å². The monoisotopic (exact) mass is 659 g/mol. The van der Waals surface area contributed by atoms with E-state index < -0.39 is 24.1 Å². The summed E-state index contributed by atoms with van der Waals surface area (Å²) in [7, 11) is 0. The van der Waals surface area contributed by atoms with Crippen molar-refractivity contribution >= 4 is 12.0 Å². The van der Waals surface area contributed by atoms with Gasteiger partial charge in [-0.15, -0.1) is 0 Å². The number of urea groups is 1. The van der Waals surface area contributed by atoms with Gasteiger partial charge < -0.3 is 44.3 Å². The van der Waals surface area contributed by atoms with Crippen LogP contribution in [0, 0.1) is 0 Å². The van der Waals surface area contributed by atoms with Crippen molar-refractivity contribution in [3.05, 3.63) is 95.1 Å². The molecule has 2 amide bonds. The minimum atomic E-state index is -0.572. The van der Waals surface area contributed by atoms with Crippen molar-refractivity contribution in [3.8, 4) is 11.1 Å². The summed E-state index contributed by atoms with van der Waals surface area (Å²) in [6.45, 7) is 5.97. The first kappa shape index (κ1) is 34.0. The molecule has 3 heterocycles. The maximum Gasteiger partial charge on any atom is 0.325 e. The van der Waals surface area contributed by atoms with E-state index in [0.717, 1.165) is 65.9 Å². The Morgan fingerprint density at radius 1 is 0.896 bits per heavy atom. The summed E-state index contributed by atoms with van der Waals surface area (Å²) in [6, 6.07) is 23.6. The molecule has 0 aromatic heterocycles. The molecular formula is C37H45N3O8.